The van der Waals surface area contributed by atoms with Gasteiger partial charge in [0, 0.05) is 11.9 Å². The number of aryl methyl sites for hydroxylation is 1. The van der Waals surface area contributed by atoms with Crippen molar-refractivity contribution in [3.63, 3.8) is 0 Å². The molecule has 0 aliphatic rings. The lowest BCUT2D eigenvalue weighted by molar-refractivity contribution is -0.163. The van der Waals surface area contributed by atoms with Gasteiger partial charge < -0.3 is 9.55 Å². The number of H-pyrrole nitrogens is 1. The van der Waals surface area contributed by atoms with Gasteiger partial charge in [-0.1, -0.05) is 6.92 Å². The van der Waals surface area contributed by atoms with E-state index in [1.54, 1.807) is 6.92 Å². The van der Waals surface area contributed by atoms with Gasteiger partial charge >= 0.3 is 6.18 Å². The largest absolute Gasteiger partial charge is 0.408 e. The average Bonchev–Trinajstić information content (AvgIpc) is 2.43. The van der Waals surface area contributed by atoms with Gasteiger partial charge in [0.25, 0.3) is 0 Å². The third-order valence-corrected chi connectivity index (χ3v) is 2.43. The zero-order valence-electron chi connectivity index (χ0n) is 7.85. The summed E-state index contributed by atoms with van der Waals surface area (Å²) >= 11 is 4.79. The molecule has 0 aliphatic carbocycles. The molecule has 1 unspecified atom stereocenters. The normalized spacial score (nSPS) is 14.4. The van der Waals surface area contributed by atoms with Gasteiger partial charge in [-0.15, -0.1) is 0 Å². The van der Waals surface area contributed by atoms with Crippen molar-refractivity contribution < 1.29 is 13.2 Å². The van der Waals surface area contributed by atoms with Crippen LogP contribution in [0.4, 0.5) is 13.2 Å². The smallest absolute Gasteiger partial charge is 0.337 e. The zero-order valence-corrected chi connectivity index (χ0v) is 8.67. The minimum Gasteiger partial charge on any atom is -0.337 e. The van der Waals surface area contributed by atoms with Crippen LogP contribution in [0.5, 0.6) is 0 Å². The Morgan fingerprint density at radius 3 is 2.57 bits per heavy atom. The molecule has 0 radical (unpaired) electrons. The molecule has 14 heavy (non-hydrogen) atoms. The second kappa shape index (κ2) is 3.76. The molecular weight excluding hydrogens is 213 g/mol. The van der Waals surface area contributed by atoms with Gasteiger partial charge in [0.2, 0.25) is 0 Å². The Hall–Kier alpha value is -0.780. The van der Waals surface area contributed by atoms with Crippen LogP contribution in [0.2, 0.25) is 0 Å². The standard InChI is InChI=1S/C8H11F3N2S/c1-3-6-4-12-7(14)13(6)5(2)8(9,10)11/h4-5H,3H2,1-2H3,(H,12,14). The van der Waals surface area contributed by atoms with Crippen LogP contribution in [0.15, 0.2) is 6.20 Å². The molecular formula is C8H11F3N2S. The number of hydrogen-bond acceptors (Lipinski definition) is 1. The monoisotopic (exact) mass is 224 g/mol. The summed E-state index contributed by atoms with van der Waals surface area (Å²) in [6, 6.07) is -1.57. The Kier molecular flexibility index (Phi) is 3.04. The Labute approximate surface area is 84.8 Å². The summed E-state index contributed by atoms with van der Waals surface area (Å²) in [6.45, 7) is 2.89. The van der Waals surface area contributed by atoms with Crippen molar-refractivity contribution in [2.45, 2.75) is 32.5 Å². The first kappa shape index (κ1) is 11.3. The molecule has 0 aliphatic heterocycles. The fraction of sp³-hybridized carbons (Fsp3) is 0.625. The molecule has 6 heteroatoms. The third kappa shape index (κ3) is 2.00. The maximum atomic E-state index is 12.4. The molecule has 1 atom stereocenters. The predicted molar refractivity (Wildman–Crippen MR) is 49.8 cm³/mol. The lowest BCUT2D eigenvalue weighted by atomic mass is 10.3. The van der Waals surface area contributed by atoms with E-state index in [1.807, 2.05) is 0 Å². The van der Waals surface area contributed by atoms with Crippen LogP contribution in [-0.2, 0) is 6.42 Å². The quantitative estimate of drug-likeness (QED) is 0.765. The minimum atomic E-state index is -4.26. The Morgan fingerprint density at radius 1 is 1.57 bits per heavy atom. The molecule has 2 nitrogen and oxygen atoms in total. The lowest BCUT2D eigenvalue weighted by Crippen LogP contribution is -2.25. The van der Waals surface area contributed by atoms with E-state index >= 15 is 0 Å². The van der Waals surface area contributed by atoms with Gasteiger partial charge in [-0.2, -0.15) is 13.2 Å². The number of nitrogens with one attached hydrogen (secondary N) is 1. The lowest BCUT2D eigenvalue weighted by Gasteiger charge is -2.19. The van der Waals surface area contributed by atoms with Crippen molar-refractivity contribution in [1.82, 2.24) is 9.55 Å². The van der Waals surface area contributed by atoms with Gasteiger partial charge in [-0.25, -0.2) is 0 Å². The Balaban J connectivity index is 3.17. The van der Waals surface area contributed by atoms with Gasteiger partial charge in [0.05, 0.1) is 0 Å². The van der Waals surface area contributed by atoms with Crippen LogP contribution in [0, 0.1) is 4.77 Å². The van der Waals surface area contributed by atoms with E-state index in [0.29, 0.717) is 12.1 Å². The summed E-state index contributed by atoms with van der Waals surface area (Å²) in [5, 5.41) is 0. The van der Waals surface area contributed by atoms with Crippen molar-refractivity contribution in [2.24, 2.45) is 0 Å². The van der Waals surface area contributed by atoms with Crippen LogP contribution < -0.4 is 0 Å². The summed E-state index contributed by atoms with van der Waals surface area (Å²) in [5.41, 5.74) is 0.569. The van der Waals surface area contributed by atoms with Gasteiger partial charge in [-0.3, -0.25) is 0 Å². The van der Waals surface area contributed by atoms with Crippen molar-refractivity contribution in [2.75, 3.05) is 0 Å². The Morgan fingerprint density at radius 2 is 2.14 bits per heavy atom. The molecule has 80 valence electrons. The van der Waals surface area contributed by atoms with Crippen molar-refractivity contribution >= 4 is 12.2 Å². The SMILES string of the molecule is CCc1c[nH]c(=S)n1C(C)C(F)(F)F. The van der Waals surface area contributed by atoms with Gasteiger partial charge in [0.15, 0.2) is 4.77 Å². The average molecular weight is 224 g/mol. The second-order valence-corrected chi connectivity index (χ2v) is 3.41. The number of aromatic amines is 1. The van der Waals surface area contributed by atoms with E-state index in [4.69, 9.17) is 12.2 Å². The van der Waals surface area contributed by atoms with Crippen molar-refractivity contribution in [3.05, 3.63) is 16.7 Å². The van der Waals surface area contributed by atoms with Crippen molar-refractivity contribution in [3.8, 4) is 0 Å². The van der Waals surface area contributed by atoms with E-state index in [-0.39, 0.29) is 4.77 Å². The molecule has 0 spiro atoms. The van der Waals surface area contributed by atoms with Crippen LogP contribution in [0.25, 0.3) is 0 Å². The molecule has 1 heterocycles. The van der Waals surface area contributed by atoms with Crippen LogP contribution in [0.3, 0.4) is 0 Å². The molecule has 1 aromatic rings. The highest BCUT2D eigenvalue weighted by molar-refractivity contribution is 7.71. The molecule has 0 amide bonds. The maximum absolute atomic E-state index is 12.4. The van der Waals surface area contributed by atoms with E-state index in [2.05, 4.69) is 4.98 Å². The van der Waals surface area contributed by atoms with E-state index < -0.39 is 12.2 Å². The highest BCUT2D eigenvalue weighted by Gasteiger charge is 2.38. The Bertz CT molecular complexity index is 363. The van der Waals surface area contributed by atoms with E-state index in [0.717, 1.165) is 11.5 Å². The van der Waals surface area contributed by atoms with Crippen molar-refractivity contribution in [1.29, 1.82) is 0 Å². The fourth-order valence-electron chi connectivity index (χ4n) is 1.26. The molecule has 0 saturated heterocycles. The third-order valence-electron chi connectivity index (χ3n) is 2.11. The second-order valence-electron chi connectivity index (χ2n) is 3.03. The van der Waals surface area contributed by atoms with Crippen LogP contribution in [0.1, 0.15) is 25.6 Å². The summed E-state index contributed by atoms with van der Waals surface area (Å²) in [7, 11) is 0. The number of aromatic nitrogens is 2. The van der Waals surface area contributed by atoms with Gasteiger partial charge in [-0.05, 0) is 25.6 Å². The predicted octanol–water partition coefficient (Wildman–Crippen LogP) is 3.23. The molecule has 0 saturated carbocycles. The molecule has 1 aromatic heterocycles. The highest BCUT2D eigenvalue weighted by Crippen LogP contribution is 2.31. The number of rotatable bonds is 2. The van der Waals surface area contributed by atoms with Gasteiger partial charge in [0.1, 0.15) is 6.04 Å². The number of nitrogens with zero attached hydrogens (tertiary/aromatic N) is 1. The molecule has 0 aromatic carbocycles. The summed E-state index contributed by atoms with van der Waals surface area (Å²) in [5.74, 6) is 0. The summed E-state index contributed by atoms with van der Waals surface area (Å²) < 4.78 is 38.5. The number of imidazole rings is 1. The van der Waals surface area contributed by atoms with Crippen LogP contribution in [-0.4, -0.2) is 15.7 Å². The number of hydrogen-bond donors (Lipinski definition) is 1. The topological polar surface area (TPSA) is 20.7 Å². The number of alkyl halides is 3. The van der Waals surface area contributed by atoms with E-state index in [9.17, 15) is 13.2 Å². The molecule has 0 bridgehead atoms. The fourth-order valence-corrected chi connectivity index (χ4v) is 1.59. The minimum absolute atomic E-state index is 0.117. The zero-order chi connectivity index (χ0) is 10.9. The van der Waals surface area contributed by atoms with E-state index in [1.165, 1.54) is 6.20 Å². The molecule has 0 fully saturated rings. The maximum Gasteiger partial charge on any atom is 0.408 e. The first-order chi connectivity index (χ1) is 6.38. The first-order valence-corrected chi connectivity index (χ1v) is 4.64. The molecule has 1 N–H and O–H groups in total. The highest BCUT2D eigenvalue weighted by atomic mass is 32.1. The van der Waals surface area contributed by atoms with Crippen LogP contribution >= 0.6 is 12.2 Å². The number of halogens is 3. The first-order valence-electron chi connectivity index (χ1n) is 4.23. The summed E-state index contributed by atoms with van der Waals surface area (Å²) in [6.07, 6.45) is -2.22. The molecule has 1 rings (SSSR count). The summed E-state index contributed by atoms with van der Waals surface area (Å²) in [4.78, 5) is 2.62.